The number of thioether (sulfide) groups is 2. The highest BCUT2D eigenvalue weighted by Gasteiger charge is 2.20. The van der Waals surface area contributed by atoms with Gasteiger partial charge < -0.3 is 9.80 Å². The van der Waals surface area contributed by atoms with Crippen LogP contribution in [0.1, 0.15) is 48.0 Å². The number of hydrogen-bond acceptors (Lipinski definition) is 4. The molecule has 0 radical (unpaired) electrons. The van der Waals surface area contributed by atoms with Crippen LogP contribution in [0.2, 0.25) is 0 Å². The van der Waals surface area contributed by atoms with E-state index in [9.17, 15) is 9.59 Å². The quantitative estimate of drug-likeness (QED) is 0.653. The Bertz CT molecular complexity index is 289. The molecule has 0 aliphatic rings. The number of amides is 2. The van der Waals surface area contributed by atoms with E-state index >= 15 is 0 Å². The summed E-state index contributed by atoms with van der Waals surface area (Å²) >= 11 is 2.76. The number of nitrogens with zero attached hydrogens (tertiary/aromatic N) is 2. The van der Waals surface area contributed by atoms with Crippen molar-refractivity contribution < 1.29 is 9.59 Å². The van der Waals surface area contributed by atoms with E-state index < -0.39 is 0 Å². The fourth-order valence-electron chi connectivity index (χ4n) is 2.02. The molecule has 6 heteroatoms. The standard InChI is InChI=1S/C15H30N2O2S2/c1-7-16(8-2)14(18)20-12(5)11-13(6)21-15(19)17(9-3)10-4/h12-13H,7-11H2,1-6H3. The van der Waals surface area contributed by atoms with Crippen LogP contribution in [0.15, 0.2) is 0 Å². The lowest BCUT2D eigenvalue weighted by Gasteiger charge is -2.23. The molecule has 21 heavy (non-hydrogen) atoms. The predicted octanol–water partition coefficient (Wildman–Crippen LogP) is 4.54. The highest BCUT2D eigenvalue weighted by Crippen LogP contribution is 2.26. The number of carbonyl (C=O) groups is 2. The molecular formula is C15H30N2O2S2. The first-order valence-corrected chi connectivity index (χ1v) is 9.56. The molecule has 0 spiro atoms. The van der Waals surface area contributed by atoms with Crippen molar-refractivity contribution in [2.45, 2.75) is 58.5 Å². The van der Waals surface area contributed by atoms with E-state index in [1.807, 2.05) is 37.5 Å². The lowest BCUT2D eigenvalue weighted by Crippen LogP contribution is -2.29. The maximum absolute atomic E-state index is 12.0. The zero-order chi connectivity index (χ0) is 16.4. The Morgan fingerprint density at radius 2 is 1.05 bits per heavy atom. The molecule has 0 aromatic heterocycles. The molecule has 2 unspecified atom stereocenters. The Hall–Kier alpha value is -0.360. The predicted molar refractivity (Wildman–Crippen MR) is 95.4 cm³/mol. The summed E-state index contributed by atoms with van der Waals surface area (Å²) in [5.74, 6) is 0. The minimum absolute atomic E-state index is 0.139. The summed E-state index contributed by atoms with van der Waals surface area (Å²) in [7, 11) is 0. The van der Waals surface area contributed by atoms with Gasteiger partial charge in [0.1, 0.15) is 0 Å². The van der Waals surface area contributed by atoms with Gasteiger partial charge in [-0.15, -0.1) is 0 Å². The second kappa shape index (κ2) is 11.2. The minimum atomic E-state index is 0.139. The van der Waals surface area contributed by atoms with Crippen LogP contribution in [0.25, 0.3) is 0 Å². The topological polar surface area (TPSA) is 40.6 Å². The minimum Gasteiger partial charge on any atom is -0.334 e. The van der Waals surface area contributed by atoms with Gasteiger partial charge in [-0.25, -0.2) is 0 Å². The van der Waals surface area contributed by atoms with Crippen molar-refractivity contribution in [1.82, 2.24) is 9.80 Å². The van der Waals surface area contributed by atoms with E-state index in [1.165, 1.54) is 23.5 Å². The molecule has 0 saturated heterocycles. The maximum Gasteiger partial charge on any atom is 0.281 e. The van der Waals surface area contributed by atoms with E-state index in [-0.39, 0.29) is 21.0 Å². The van der Waals surface area contributed by atoms with Crippen LogP contribution in [0.4, 0.5) is 9.59 Å². The van der Waals surface area contributed by atoms with Gasteiger partial charge in [-0.3, -0.25) is 9.59 Å². The van der Waals surface area contributed by atoms with E-state index in [0.29, 0.717) is 0 Å². The maximum atomic E-state index is 12.0. The summed E-state index contributed by atoms with van der Waals surface area (Å²) in [6.07, 6.45) is 0.856. The van der Waals surface area contributed by atoms with E-state index in [2.05, 4.69) is 13.8 Å². The summed E-state index contributed by atoms with van der Waals surface area (Å²) < 4.78 is 0. The Balaban J connectivity index is 4.23. The van der Waals surface area contributed by atoms with Gasteiger partial charge in [-0.05, 0) is 34.1 Å². The Morgan fingerprint density at radius 3 is 1.29 bits per heavy atom. The van der Waals surface area contributed by atoms with Crippen LogP contribution in [0.5, 0.6) is 0 Å². The highest BCUT2D eigenvalue weighted by molar-refractivity contribution is 8.14. The van der Waals surface area contributed by atoms with Crippen molar-refractivity contribution in [1.29, 1.82) is 0 Å². The molecule has 0 aliphatic carbocycles. The summed E-state index contributed by atoms with van der Waals surface area (Å²) in [6.45, 7) is 15.1. The number of rotatable bonds is 8. The molecule has 0 aromatic rings. The van der Waals surface area contributed by atoms with Crippen molar-refractivity contribution in [2.24, 2.45) is 0 Å². The van der Waals surface area contributed by atoms with Gasteiger partial charge >= 0.3 is 0 Å². The molecule has 0 fully saturated rings. The molecule has 0 rings (SSSR count). The molecule has 124 valence electrons. The lowest BCUT2D eigenvalue weighted by molar-refractivity contribution is 0.227. The number of carbonyl (C=O) groups excluding carboxylic acids is 2. The van der Waals surface area contributed by atoms with E-state index in [0.717, 1.165) is 32.6 Å². The van der Waals surface area contributed by atoms with E-state index in [4.69, 9.17) is 0 Å². The third kappa shape index (κ3) is 8.00. The van der Waals surface area contributed by atoms with Gasteiger partial charge in [0.25, 0.3) is 10.5 Å². The monoisotopic (exact) mass is 334 g/mol. The van der Waals surface area contributed by atoms with Crippen molar-refractivity contribution >= 4 is 34.0 Å². The average Bonchev–Trinajstić information content (AvgIpc) is 2.40. The van der Waals surface area contributed by atoms with E-state index in [1.54, 1.807) is 0 Å². The molecule has 0 aliphatic heterocycles. The first kappa shape index (κ1) is 20.6. The van der Waals surface area contributed by atoms with Crippen LogP contribution in [-0.4, -0.2) is 57.0 Å². The molecular weight excluding hydrogens is 304 g/mol. The zero-order valence-electron chi connectivity index (χ0n) is 14.2. The third-order valence-corrected chi connectivity index (χ3v) is 5.42. The van der Waals surface area contributed by atoms with Gasteiger partial charge in [-0.1, -0.05) is 37.4 Å². The van der Waals surface area contributed by atoms with Crippen molar-refractivity contribution in [3.63, 3.8) is 0 Å². The molecule has 4 nitrogen and oxygen atoms in total. The van der Waals surface area contributed by atoms with Crippen LogP contribution >= 0.6 is 23.5 Å². The van der Waals surface area contributed by atoms with Gasteiger partial charge in [0, 0.05) is 36.7 Å². The third-order valence-electron chi connectivity index (χ3n) is 3.31. The van der Waals surface area contributed by atoms with Crippen LogP contribution in [0.3, 0.4) is 0 Å². The summed E-state index contributed by atoms with van der Waals surface area (Å²) in [5.41, 5.74) is 0. The van der Waals surface area contributed by atoms with Gasteiger partial charge in [0.05, 0.1) is 0 Å². The van der Waals surface area contributed by atoms with Crippen LogP contribution in [-0.2, 0) is 0 Å². The summed E-state index contributed by atoms with van der Waals surface area (Å²) in [5, 5.41) is 0.731. The van der Waals surface area contributed by atoms with Crippen LogP contribution in [0, 0.1) is 0 Å². The average molecular weight is 335 g/mol. The fourth-order valence-corrected chi connectivity index (χ4v) is 4.42. The zero-order valence-corrected chi connectivity index (χ0v) is 15.9. The molecule has 0 saturated carbocycles. The normalized spacial score (nSPS) is 13.6. The van der Waals surface area contributed by atoms with Crippen molar-refractivity contribution in [3.8, 4) is 0 Å². The largest absolute Gasteiger partial charge is 0.334 e. The van der Waals surface area contributed by atoms with Gasteiger partial charge in [-0.2, -0.15) is 0 Å². The highest BCUT2D eigenvalue weighted by atomic mass is 32.2. The van der Waals surface area contributed by atoms with Crippen molar-refractivity contribution in [2.75, 3.05) is 26.2 Å². The van der Waals surface area contributed by atoms with Gasteiger partial charge in [0.2, 0.25) is 0 Å². The molecule has 0 N–H and O–H groups in total. The summed E-state index contributed by atoms with van der Waals surface area (Å²) in [6, 6.07) is 0. The molecule has 0 heterocycles. The van der Waals surface area contributed by atoms with Crippen LogP contribution < -0.4 is 0 Å². The molecule has 0 bridgehead atoms. The number of hydrogen-bond donors (Lipinski definition) is 0. The SMILES string of the molecule is CCN(CC)C(=O)SC(C)CC(C)SC(=O)N(CC)CC. The second-order valence-corrected chi connectivity index (χ2v) is 7.75. The molecule has 2 atom stereocenters. The lowest BCUT2D eigenvalue weighted by atomic mass is 10.3. The first-order valence-electron chi connectivity index (χ1n) is 7.80. The Kier molecular flexibility index (Phi) is 11.0. The van der Waals surface area contributed by atoms with Crippen molar-refractivity contribution in [3.05, 3.63) is 0 Å². The molecule has 0 aromatic carbocycles. The Morgan fingerprint density at radius 1 is 0.762 bits per heavy atom. The smallest absolute Gasteiger partial charge is 0.281 e. The fraction of sp³-hybridized carbons (Fsp3) is 0.867. The first-order chi connectivity index (χ1) is 9.89. The Labute approximate surface area is 138 Å². The second-order valence-electron chi connectivity index (χ2n) is 4.97. The summed E-state index contributed by atoms with van der Waals surface area (Å²) in [4.78, 5) is 27.7. The molecule has 2 amide bonds. The van der Waals surface area contributed by atoms with Gasteiger partial charge in [0.15, 0.2) is 0 Å².